The summed E-state index contributed by atoms with van der Waals surface area (Å²) in [6.45, 7) is 4.20. The maximum atomic E-state index is 12.0. The number of aliphatic hydroxyl groups is 1. The monoisotopic (exact) mass is 289 g/mol. The quantitative estimate of drug-likeness (QED) is 0.643. The number of hydrogen-bond acceptors (Lipinski definition) is 3. The molecule has 21 heavy (non-hydrogen) atoms. The first-order valence-corrected chi connectivity index (χ1v) is 7.12. The van der Waals surface area contributed by atoms with Gasteiger partial charge in [0.25, 0.3) is 0 Å². The molecule has 5 nitrogen and oxygen atoms in total. The standard InChI is InChI=1S/C16H23N3O2/c1-16(2,10-20)9-19-15(21)13(17)7-11-8-18-14-6-4-3-5-12(11)14/h3-6,8,13,18,20H,7,9-10,17H2,1-2H3,(H,19,21)/t13-/m1/s1. The van der Waals surface area contributed by atoms with Crippen molar-refractivity contribution in [1.82, 2.24) is 10.3 Å². The summed E-state index contributed by atoms with van der Waals surface area (Å²) in [5, 5.41) is 13.1. The second kappa shape index (κ2) is 6.28. The fraction of sp³-hybridized carbons (Fsp3) is 0.438. The Labute approximate surface area is 124 Å². The van der Waals surface area contributed by atoms with Crippen LogP contribution in [0.25, 0.3) is 10.9 Å². The van der Waals surface area contributed by atoms with Gasteiger partial charge in [0.05, 0.1) is 6.04 Å². The van der Waals surface area contributed by atoms with Crippen molar-refractivity contribution in [2.45, 2.75) is 26.3 Å². The number of nitrogens with one attached hydrogen (secondary N) is 2. The van der Waals surface area contributed by atoms with Gasteiger partial charge in [-0.05, 0) is 18.1 Å². The SMILES string of the molecule is CC(C)(CO)CNC(=O)[C@H](N)Cc1c[nH]c2ccccc12. The molecule has 2 aromatic rings. The van der Waals surface area contributed by atoms with Gasteiger partial charge in [0.15, 0.2) is 0 Å². The van der Waals surface area contributed by atoms with Crippen molar-refractivity contribution >= 4 is 16.8 Å². The smallest absolute Gasteiger partial charge is 0.237 e. The number of rotatable bonds is 6. The van der Waals surface area contributed by atoms with Crippen molar-refractivity contribution in [1.29, 1.82) is 0 Å². The maximum absolute atomic E-state index is 12.0. The number of benzene rings is 1. The van der Waals surface area contributed by atoms with Gasteiger partial charge < -0.3 is 21.1 Å². The van der Waals surface area contributed by atoms with Crippen molar-refractivity contribution in [2.75, 3.05) is 13.2 Å². The summed E-state index contributed by atoms with van der Waals surface area (Å²) >= 11 is 0. The van der Waals surface area contributed by atoms with Gasteiger partial charge in [-0.1, -0.05) is 32.0 Å². The topological polar surface area (TPSA) is 91.1 Å². The number of amides is 1. The lowest BCUT2D eigenvalue weighted by atomic mass is 9.95. The Morgan fingerprint density at radius 2 is 2.14 bits per heavy atom. The zero-order valence-electron chi connectivity index (χ0n) is 12.5. The van der Waals surface area contributed by atoms with E-state index >= 15 is 0 Å². The fourth-order valence-electron chi connectivity index (χ4n) is 2.14. The van der Waals surface area contributed by atoms with Crippen molar-refractivity contribution in [3.05, 3.63) is 36.0 Å². The molecule has 0 radical (unpaired) electrons. The van der Waals surface area contributed by atoms with Gasteiger partial charge in [-0.3, -0.25) is 4.79 Å². The van der Waals surface area contributed by atoms with Gasteiger partial charge in [-0.15, -0.1) is 0 Å². The Balaban J connectivity index is 1.98. The number of aliphatic hydroxyl groups excluding tert-OH is 1. The Hall–Kier alpha value is -1.85. The molecule has 1 amide bonds. The predicted molar refractivity (Wildman–Crippen MR) is 83.9 cm³/mol. The van der Waals surface area contributed by atoms with Crippen LogP contribution in [0.2, 0.25) is 0 Å². The number of fused-ring (bicyclic) bond motifs is 1. The summed E-state index contributed by atoms with van der Waals surface area (Å²) in [7, 11) is 0. The first-order valence-electron chi connectivity index (χ1n) is 7.12. The van der Waals surface area contributed by atoms with Crippen LogP contribution in [-0.4, -0.2) is 35.2 Å². The molecule has 1 aromatic heterocycles. The zero-order valence-corrected chi connectivity index (χ0v) is 12.5. The summed E-state index contributed by atoms with van der Waals surface area (Å²) in [5.41, 5.74) is 7.72. The maximum Gasteiger partial charge on any atom is 0.237 e. The summed E-state index contributed by atoms with van der Waals surface area (Å²) < 4.78 is 0. The summed E-state index contributed by atoms with van der Waals surface area (Å²) in [6.07, 6.45) is 2.38. The molecule has 0 aliphatic heterocycles. The lowest BCUT2D eigenvalue weighted by Crippen LogP contribution is -2.45. The molecule has 2 rings (SSSR count). The molecule has 0 bridgehead atoms. The predicted octanol–water partition coefficient (Wildman–Crippen LogP) is 1.17. The molecule has 0 saturated heterocycles. The van der Waals surface area contributed by atoms with E-state index in [-0.39, 0.29) is 17.9 Å². The van der Waals surface area contributed by atoms with E-state index in [9.17, 15) is 9.90 Å². The van der Waals surface area contributed by atoms with Crippen molar-refractivity contribution in [3.63, 3.8) is 0 Å². The van der Waals surface area contributed by atoms with Crippen LogP contribution in [0.15, 0.2) is 30.5 Å². The third kappa shape index (κ3) is 3.83. The number of carbonyl (C=O) groups excluding carboxylic acids is 1. The molecule has 0 fully saturated rings. The highest BCUT2D eigenvalue weighted by molar-refractivity contribution is 5.86. The minimum atomic E-state index is -0.598. The minimum absolute atomic E-state index is 0.0188. The third-order valence-corrected chi connectivity index (χ3v) is 3.62. The lowest BCUT2D eigenvalue weighted by molar-refractivity contribution is -0.122. The Morgan fingerprint density at radius 1 is 1.43 bits per heavy atom. The summed E-state index contributed by atoms with van der Waals surface area (Å²) in [4.78, 5) is 15.2. The Morgan fingerprint density at radius 3 is 2.86 bits per heavy atom. The van der Waals surface area contributed by atoms with Gasteiger partial charge in [0, 0.05) is 35.7 Å². The Kier molecular flexibility index (Phi) is 4.65. The van der Waals surface area contributed by atoms with Crippen LogP contribution >= 0.6 is 0 Å². The van der Waals surface area contributed by atoms with E-state index in [1.807, 2.05) is 44.3 Å². The van der Waals surface area contributed by atoms with E-state index in [1.54, 1.807) is 0 Å². The van der Waals surface area contributed by atoms with Gasteiger partial charge in [0.2, 0.25) is 5.91 Å². The molecular weight excluding hydrogens is 266 g/mol. The van der Waals surface area contributed by atoms with Crippen LogP contribution in [0.5, 0.6) is 0 Å². The molecule has 0 aliphatic carbocycles. The van der Waals surface area contributed by atoms with E-state index in [0.29, 0.717) is 13.0 Å². The number of carbonyl (C=O) groups is 1. The number of H-pyrrole nitrogens is 1. The van der Waals surface area contributed by atoms with Crippen LogP contribution in [0.3, 0.4) is 0 Å². The van der Waals surface area contributed by atoms with E-state index in [1.165, 1.54) is 0 Å². The van der Waals surface area contributed by atoms with E-state index in [4.69, 9.17) is 5.73 Å². The molecule has 0 spiro atoms. The second-order valence-corrected chi connectivity index (χ2v) is 6.21. The van der Waals surface area contributed by atoms with Crippen LogP contribution in [0.4, 0.5) is 0 Å². The molecule has 114 valence electrons. The molecule has 5 N–H and O–H groups in total. The lowest BCUT2D eigenvalue weighted by Gasteiger charge is -2.23. The summed E-state index contributed by atoms with van der Waals surface area (Å²) in [5.74, 6) is -0.193. The van der Waals surface area contributed by atoms with Crippen molar-refractivity contribution < 1.29 is 9.90 Å². The van der Waals surface area contributed by atoms with Crippen LogP contribution in [-0.2, 0) is 11.2 Å². The summed E-state index contributed by atoms with van der Waals surface area (Å²) in [6, 6.07) is 7.34. The normalized spacial score (nSPS) is 13.3. The number of aromatic amines is 1. The van der Waals surface area contributed by atoms with E-state index < -0.39 is 6.04 Å². The molecule has 0 unspecified atom stereocenters. The number of para-hydroxylation sites is 1. The first-order chi connectivity index (χ1) is 9.93. The average Bonchev–Trinajstić information content (AvgIpc) is 2.88. The molecule has 1 heterocycles. The highest BCUT2D eigenvalue weighted by Gasteiger charge is 2.21. The molecule has 1 aromatic carbocycles. The van der Waals surface area contributed by atoms with Crippen LogP contribution in [0.1, 0.15) is 19.4 Å². The minimum Gasteiger partial charge on any atom is -0.396 e. The molecule has 0 aliphatic rings. The highest BCUT2D eigenvalue weighted by Crippen LogP contribution is 2.19. The van der Waals surface area contributed by atoms with Gasteiger partial charge in [0.1, 0.15) is 0 Å². The molecule has 1 atom stereocenters. The van der Waals surface area contributed by atoms with Crippen LogP contribution in [0, 0.1) is 5.41 Å². The number of nitrogens with two attached hydrogens (primary N) is 1. The third-order valence-electron chi connectivity index (χ3n) is 3.62. The molecule has 0 saturated carbocycles. The van der Waals surface area contributed by atoms with Crippen LogP contribution < -0.4 is 11.1 Å². The van der Waals surface area contributed by atoms with Gasteiger partial charge in [-0.25, -0.2) is 0 Å². The fourth-order valence-corrected chi connectivity index (χ4v) is 2.14. The molecular formula is C16H23N3O2. The number of hydrogen-bond donors (Lipinski definition) is 4. The zero-order chi connectivity index (χ0) is 15.5. The molecule has 5 heteroatoms. The number of aromatic nitrogens is 1. The van der Waals surface area contributed by atoms with Gasteiger partial charge in [-0.2, -0.15) is 0 Å². The largest absolute Gasteiger partial charge is 0.396 e. The first kappa shape index (κ1) is 15.5. The second-order valence-electron chi connectivity index (χ2n) is 6.21. The highest BCUT2D eigenvalue weighted by atomic mass is 16.3. The van der Waals surface area contributed by atoms with E-state index in [2.05, 4.69) is 10.3 Å². The van der Waals surface area contributed by atoms with E-state index in [0.717, 1.165) is 16.5 Å². The average molecular weight is 289 g/mol. The van der Waals surface area contributed by atoms with Crippen molar-refractivity contribution in [3.8, 4) is 0 Å². The van der Waals surface area contributed by atoms with Crippen molar-refractivity contribution in [2.24, 2.45) is 11.1 Å². The Bertz CT molecular complexity index is 619. The van der Waals surface area contributed by atoms with Gasteiger partial charge >= 0.3 is 0 Å².